The van der Waals surface area contributed by atoms with Crippen LogP contribution in [-0.2, 0) is 6.18 Å². The number of nitrogens with zero attached hydrogens (tertiary/aromatic N) is 3. The highest BCUT2D eigenvalue weighted by Crippen LogP contribution is 2.29. The van der Waals surface area contributed by atoms with Crippen LogP contribution < -0.4 is 0 Å². The molecule has 2 heterocycles. The van der Waals surface area contributed by atoms with Crippen molar-refractivity contribution in [1.29, 1.82) is 5.26 Å². The average molecular weight is 211 g/mol. The molecule has 0 bridgehead atoms. The van der Waals surface area contributed by atoms with Crippen LogP contribution in [0.5, 0.6) is 0 Å². The zero-order chi connectivity index (χ0) is 11.1. The first kappa shape index (κ1) is 9.52. The Hall–Kier alpha value is -2.03. The standard InChI is InChI=1S/C9H4F3N3/c10-9(11,12)8-14-6(5-13)7-3-1-2-4-15(7)8/h1-4H. The summed E-state index contributed by atoms with van der Waals surface area (Å²) in [7, 11) is 0. The number of fused-ring (bicyclic) bond motifs is 1. The topological polar surface area (TPSA) is 41.1 Å². The van der Waals surface area contributed by atoms with Crippen molar-refractivity contribution in [2.45, 2.75) is 6.18 Å². The van der Waals surface area contributed by atoms with Crippen LogP contribution in [0.25, 0.3) is 5.52 Å². The number of alkyl halides is 3. The summed E-state index contributed by atoms with van der Waals surface area (Å²) in [5, 5.41) is 8.62. The van der Waals surface area contributed by atoms with Gasteiger partial charge in [-0.1, -0.05) is 6.07 Å². The van der Waals surface area contributed by atoms with Gasteiger partial charge >= 0.3 is 6.18 Å². The molecule has 2 aromatic rings. The van der Waals surface area contributed by atoms with Gasteiger partial charge in [-0.25, -0.2) is 4.98 Å². The van der Waals surface area contributed by atoms with E-state index in [1.807, 2.05) is 0 Å². The molecule has 0 aliphatic carbocycles. The van der Waals surface area contributed by atoms with Gasteiger partial charge in [0.1, 0.15) is 6.07 Å². The van der Waals surface area contributed by atoms with Crippen LogP contribution in [0.2, 0.25) is 0 Å². The van der Waals surface area contributed by atoms with Crippen LogP contribution in [0.4, 0.5) is 13.2 Å². The SMILES string of the molecule is N#Cc1nc(C(F)(F)F)n2ccccc12. The van der Waals surface area contributed by atoms with Crippen LogP contribution in [0.3, 0.4) is 0 Å². The van der Waals surface area contributed by atoms with Crippen molar-refractivity contribution >= 4 is 5.52 Å². The molecule has 0 amide bonds. The maximum atomic E-state index is 12.5. The Morgan fingerprint density at radius 1 is 1.33 bits per heavy atom. The van der Waals surface area contributed by atoms with E-state index < -0.39 is 12.0 Å². The number of hydrogen-bond donors (Lipinski definition) is 0. The zero-order valence-corrected chi connectivity index (χ0v) is 7.28. The third kappa shape index (κ3) is 1.42. The van der Waals surface area contributed by atoms with Gasteiger partial charge in [-0.05, 0) is 12.1 Å². The smallest absolute Gasteiger partial charge is 0.295 e. The molecule has 76 valence electrons. The number of hydrogen-bond acceptors (Lipinski definition) is 2. The second-order valence-corrected chi connectivity index (χ2v) is 2.85. The predicted molar refractivity (Wildman–Crippen MR) is 44.9 cm³/mol. The summed E-state index contributed by atoms with van der Waals surface area (Å²) < 4.78 is 38.3. The third-order valence-electron chi connectivity index (χ3n) is 1.91. The number of rotatable bonds is 0. The fourth-order valence-electron chi connectivity index (χ4n) is 1.32. The number of pyridine rings is 1. The molecule has 2 aromatic heterocycles. The van der Waals surface area contributed by atoms with Crippen molar-refractivity contribution in [3.05, 3.63) is 35.9 Å². The highest BCUT2D eigenvalue weighted by Gasteiger charge is 2.37. The summed E-state index contributed by atoms with van der Waals surface area (Å²) in [6.45, 7) is 0. The van der Waals surface area contributed by atoms with Crippen LogP contribution >= 0.6 is 0 Å². The van der Waals surface area contributed by atoms with Crippen LogP contribution in [0.15, 0.2) is 24.4 Å². The van der Waals surface area contributed by atoms with Crippen LogP contribution in [-0.4, -0.2) is 9.38 Å². The molecule has 2 rings (SSSR count). The van der Waals surface area contributed by atoms with Crippen molar-refractivity contribution in [3.8, 4) is 6.07 Å². The van der Waals surface area contributed by atoms with Gasteiger partial charge in [-0.3, -0.25) is 4.40 Å². The van der Waals surface area contributed by atoms with Gasteiger partial charge in [-0.2, -0.15) is 18.4 Å². The predicted octanol–water partition coefficient (Wildman–Crippen LogP) is 2.22. The Morgan fingerprint density at radius 3 is 2.67 bits per heavy atom. The molecule has 0 N–H and O–H groups in total. The largest absolute Gasteiger partial charge is 0.450 e. The first-order valence-electron chi connectivity index (χ1n) is 3.98. The lowest BCUT2D eigenvalue weighted by molar-refractivity contribution is -0.145. The Morgan fingerprint density at radius 2 is 2.07 bits per heavy atom. The van der Waals surface area contributed by atoms with Crippen molar-refractivity contribution in [2.75, 3.05) is 0 Å². The monoisotopic (exact) mass is 211 g/mol. The van der Waals surface area contributed by atoms with Gasteiger partial charge in [0.2, 0.25) is 5.82 Å². The summed E-state index contributed by atoms with van der Waals surface area (Å²) in [4.78, 5) is 3.26. The fraction of sp³-hybridized carbons (Fsp3) is 0.111. The van der Waals surface area contributed by atoms with Crippen molar-refractivity contribution < 1.29 is 13.2 Å². The Balaban J connectivity index is 2.84. The van der Waals surface area contributed by atoms with E-state index in [0.717, 1.165) is 4.40 Å². The molecule has 3 nitrogen and oxygen atoms in total. The normalized spacial score (nSPS) is 11.6. The molecule has 0 radical (unpaired) electrons. The van der Waals surface area contributed by atoms with E-state index in [2.05, 4.69) is 4.98 Å². The Labute approximate surface area is 82.4 Å². The third-order valence-corrected chi connectivity index (χ3v) is 1.91. The molecular weight excluding hydrogens is 207 g/mol. The first-order valence-corrected chi connectivity index (χ1v) is 3.98. The summed E-state index contributed by atoms with van der Waals surface area (Å²) in [5.74, 6) is -1.07. The molecule has 15 heavy (non-hydrogen) atoms. The lowest BCUT2D eigenvalue weighted by atomic mass is 10.3. The van der Waals surface area contributed by atoms with Crippen LogP contribution in [0.1, 0.15) is 11.5 Å². The maximum absolute atomic E-state index is 12.5. The molecular formula is C9H4F3N3. The van der Waals surface area contributed by atoms with E-state index in [4.69, 9.17) is 5.26 Å². The minimum absolute atomic E-state index is 0.160. The first-order chi connectivity index (χ1) is 7.04. The highest BCUT2D eigenvalue weighted by molar-refractivity contribution is 5.58. The van der Waals surface area contributed by atoms with E-state index >= 15 is 0 Å². The molecule has 0 spiro atoms. The van der Waals surface area contributed by atoms with Gasteiger partial charge in [0.05, 0.1) is 5.52 Å². The zero-order valence-electron chi connectivity index (χ0n) is 7.28. The number of aromatic nitrogens is 2. The molecule has 0 fully saturated rings. The molecule has 6 heteroatoms. The molecule has 0 atom stereocenters. The highest BCUT2D eigenvalue weighted by atomic mass is 19.4. The summed E-state index contributed by atoms with van der Waals surface area (Å²) in [6, 6.07) is 6.05. The Bertz CT molecular complexity index is 548. The van der Waals surface area contributed by atoms with Gasteiger partial charge in [0.15, 0.2) is 5.69 Å². The van der Waals surface area contributed by atoms with Crippen molar-refractivity contribution in [2.24, 2.45) is 0 Å². The van der Waals surface area contributed by atoms with Gasteiger partial charge in [0, 0.05) is 6.20 Å². The number of imidazole rings is 1. The lowest BCUT2D eigenvalue weighted by Gasteiger charge is -2.03. The Kier molecular flexibility index (Phi) is 1.89. The second kappa shape index (κ2) is 2.98. The van der Waals surface area contributed by atoms with Gasteiger partial charge < -0.3 is 0 Å². The summed E-state index contributed by atoms with van der Waals surface area (Å²) in [6.07, 6.45) is -3.33. The van der Waals surface area contributed by atoms with E-state index in [1.54, 1.807) is 12.1 Å². The molecule has 0 aromatic carbocycles. The van der Waals surface area contributed by atoms with E-state index in [0.29, 0.717) is 0 Å². The summed E-state index contributed by atoms with van der Waals surface area (Å²) in [5.41, 5.74) is -0.0600. The molecule has 0 saturated heterocycles. The van der Waals surface area contributed by atoms with Crippen molar-refractivity contribution in [3.63, 3.8) is 0 Å². The fourth-order valence-corrected chi connectivity index (χ4v) is 1.32. The second-order valence-electron chi connectivity index (χ2n) is 2.85. The molecule has 0 saturated carbocycles. The average Bonchev–Trinajstić information content (AvgIpc) is 2.55. The van der Waals surface area contributed by atoms with Gasteiger partial charge in [-0.15, -0.1) is 0 Å². The minimum atomic E-state index is -4.56. The van der Waals surface area contributed by atoms with Gasteiger partial charge in [0.25, 0.3) is 0 Å². The summed E-state index contributed by atoms with van der Waals surface area (Å²) >= 11 is 0. The van der Waals surface area contributed by atoms with Crippen molar-refractivity contribution in [1.82, 2.24) is 9.38 Å². The quantitative estimate of drug-likeness (QED) is 0.670. The van der Waals surface area contributed by atoms with E-state index in [1.165, 1.54) is 18.3 Å². The van der Waals surface area contributed by atoms with E-state index in [-0.39, 0.29) is 11.2 Å². The van der Waals surface area contributed by atoms with E-state index in [9.17, 15) is 13.2 Å². The lowest BCUT2D eigenvalue weighted by Crippen LogP contribution is -2.10. The minimum Gasteiger partial charge on any atom is -0.295 e. The maximum Gasteiger partial charge on any atom is 0.450 e. The number of halogens is 3. The molecule has 0 unspecified atom stereocenters. The number of nitriles is 1. The van der Waals surface area contributed by atoms with Crippen LogP contribution in [0, 0.1) is 11.3 Å². The molecule has 0 aliphatic heterocycles. The molecule has 0 aliphatic rings.